The third kappa shape index (κ3) is 4.90. The molecule has 1 N–H and O–H groups in total. The topological polar surface area (TPSA) is 67.9 Å². The standard InChI is InChI=1S/C26H34N2O4/c1-8-9-22(26(5,6)7)28(25(30)19-13-16(2)12-17(3)14-19)27-24(29)20-10-11-21-23(18(20)4)32-15-31-21/h10-14,22H,8-9,15H2,1-7H3,(H,27,29). The molecule has 0 bridgehead atoms. The van der Waals surface area contributed by atoms with Gasteiger partial charge in [0.25, 0.3) is 11.8 Å². The number of nitrogens with one attached hydrogen (secondary N) is 1. The van der Waals surface area contributed by atoms with Gasteiger partial charge in [-0.1, -0.05) is 51.3 Å². The van der Waals surface area contributed by atoms with E-state index in [4.69, 9.17) is 9.47 Å². The molecule has 2 aromatic carbocycles. The summed E-state index contributed by atoms with van der Waals surface area (Å²) in [6.07, 6.45) is 1.65. The van der Waals surface area contributed by atoms with Crippen molar-refractivity contribution in [2.75, 3.05) is 6.79 Å². The lowest BCUT2D eigenvalue weighted by molar-refractivity contribution is 0.0270. The molecule has 1 aliphatic rings. The fraction of sp³-hybridized carbons (Fsp3) is 0.462. The molecular weight excluding hydrogens is 404 g/mol. The van der Waals surface area contributed by atoms with E-state index in [1.807, 2.05) is 39.0 Å². The number of rotatable bonds is 5. The minimum absolute atomic E-state index is 0.140. The predicted octanol–water partition coefficient (Wildman–Crippen LogP) is 5.34. The van der Waals surface area contributed by atoms with Gasteiger partial charge in [0.05, 0.1) is 6.04 Å². The van der Waals surface area contributed by atoms with E-state index in [-0.39, 0.29) is 30.1 Å². The van der Waals surface area contributed by atoms with Crippen molar-refractivity contribution in [3.8, 4) is 11.5 Å². The molecule has 2 aromatic rings. The molecule has 0 spiro atoms. The average molecular weight is 439 g/mol. The molecular formula is C26H34N2O4. The summed E-state index contributed by atoms with van der Waals surface area (Å²) in [4.78, 5) is 27.1. The van der Waals surface area contributed by atoms with Gasteiger partial charge in [-0.15, -0.1) is 0 Å². The number of amides is 2. The Balaban J connectivity index is 2.00. The third-order valence-corrected chi connectivity index (χ3v) is 5.81. The molecule has 1 heterocycles. The van der Waals surface area contributed by atoms with Crippen LogP contribution < -0.4 is 14.9 Å². The fourth-order valence-electron chi connectivity index (χ4n) is 4.26. The molecule has 1 unspecified atom stereocenters. The molecule has 0 radical (unpaired) electrons. The lowest BCUT2D eigenvalue weighted by Crippen LogP contribution is -2.56. The van der Waals surface area contributed by atoms with Crippen LogP contribution in [0.3, 0.4) is 0 Å². The summed E-state index contributed by atoms with van der Waals surface area (Å²) in [5.74, 6) is 0.646. The largest absolute Gasteiger partial charge is 0.454 e. The molecule has 1 atom stereocenters. The highest BCUT2D eigenvalue weighted by atomic mass is 16.7. The van der Waals surface area contributed by atoms with Crippen molar-refractivity contribution in [1.29, 1.82) is 0 Å². The Bertz CT molecular complexity index is 1000. The Morgan fingerprint density at radius 3 is 2.31 bits per heavy atom. The lowest BCUT2D eigenvalue weighted by atomic mass is 9.83. The number of nitrogens with zero attached hydrogens (tertiary/aromatic N) is 1. The fourth-order valence-corrected chi connectivity index (χ4v) is 4.26. The van der Waals surface area contributed by atoms with Crippen LogP contribution in [-0.4, -0.2) is 29.7 Å². The van der Waals surface area contributed by atoms with Crippen LogP contribution in [0.5, 0.6) is 11.5 Å². The van der Waals surface area contributed by atoms with Gasteiger partial charge in [-0.3, -0.25) is 15.0 Å². The van der Waals surface area contributed by atoms with Gasteiger partial charge >= 0.3 is 0 Å². The quantitative estimate of drug-likeness (QED) is 0.640. The number of carbonyl (C=O) groups is 2. The van der Waals surface area contributed by atoms with Crippen molar-refractivity contribution in [3.63, 3.8) is 0 Å². The Kier molecular flexibility index (Phi) is 6.82. The molecule has 3 rings (SSSR count). The van der Waals surface area contributed by atoms with Crippen molar-refractivity contribution < 1.29 is 19.1 Å². The second-order valence-electron chi connectivity index (χ2n) is 9.63. The minimum atomic E-state index is -0.344. The van der Waals surface area contributed by atoms with Crippen LogP contribution in [0.2, 0.25) is 0 Å². The van der Waals surface area contributed by atoms with E-state index < -0.39 is 0 Å². The molecule has 2 amide bonds. The number of hydrazine groups is 1. The van der Waals surface area contributed by atoms with Gasteiger partial charge in [0.15, 0.2) is 11.5 Å². The van der Waals surface area contributed by atoms with Crippen molar-refractivity contribution in [2.45, 2.75) is 67.3 Å². The highest BCUT2D eigenvalue weighted by Gasteiger charge is 2.35. The van der Waals surface area contributed by atoms with Gasteiger partial charge in [0.2, 0.25) is 6.79 Å². The summed E-state index contributed by atoms with van der Waals surface area (Å²) in [6, 6.07) is 9.03. The molecule has 0 saturated carbocycles. The van der Waals surface area contributed by atoms with E-state index >= 15 is 0 Å². The first kappa shape index (κ1) is 23.6. The van der Waals surface area contributed by atoms with Gasteiger partial charge in [0, 0.05) is 16.7 Å². The zero-order valence-electron chi connectivity index (χ0n) is 20.2. The van der Waals surface area contributed by atoms with Crippen molar-refractivity contribution in [1.82, 2.24) is 10.4 Å². The van der Waals surface area contributed by atoms with Crippen LogP contribution >= 0.6 is 0 Å². The summed E-state index contributed by atoms with van der Waals surface area (Å²) in [5, 5.41) is 1.53. The molecule has 172 valence electrons. The highest BCUT2D eigenvalue weighted by molar-refractivity contribution is 6.00. The minimum Gasteiger partial charge on any atom is -0.454 e. The van der Waals surface area contributed by atoms with Gasteiger partial charge in [-0.2, -0.15) is 0 Å². The molecule has 0 saturated heterocycles. The number of hydrogen-bond donors (Lipinski definition) is 1. The van der Waals surface area contributed by atoms with Gasteiger partial charge in [0.1, 0.15) is 0 Å². The Labute approximate surface area is 190 Å². The van der Waals surface area contributed by atoms with Crippen LogP contribution in [0, 0.1) is 26.2 Å². The number of fused-ring (bicyclic) bond motifs is 1. The lowest BCUT2D eigenvalue weighted by Gasteiger charge is -2.40. The Morgan fingerprint density at radius 1 is 1.06 bits per heavy atom. The Morgan fingerprint density at radius 2 is 1.72 bits per heavy atom. The number of aryl methyl sites for hydroxylation is 2. The molecule has 0 aliphatic carbocycles. The van der Waals surface area contributed by atoms with E-state index in [9.17, 15) is 9.59 Å². The Hall–Kier alpha value is -3.02. The third-order valence-electron chi connectivity index (χ3n) is 5.81. The summed E-state index contributed by atoms with van der Waals surface area (Å²) >= 11 is 0. The molecule has 32 heavy (non-hydrogen) atoms. The molecule has 1 aliphatic heterocycles. The summed E-state index contributed by atoms with van der Waals surface area (Å²) < 4.78 is 10.9. The van der Waals surface area contributed by atoms with E-state index in [2.05, 4.69) is 33.1 Å². The summed E-state index contributed by atoms with van der Waals surface area (Å²) in [7, 11) is 0. The van der Waals surface area contributed by atoms with E-state index in [1.165, 1.54) is 5.01 Å². The average Bonchev–Trinajstić information content (AvgIpc) is 3.18. The van der Waals surface area contributed by atoms with Gasteiger partial charge in [-0.05, 0) is 56.9 Å². The second kappa shape index (κ2) is 9.23. The normalized spacial score (nSPS) is 13.6. The SMILES string of the molecule is CCCC(N(NC(=O)c1ccc2c(c1C)OCO2)C(=O)c1cc(C)cc(C)c1)C(C)(C)C. The smallest absolute Gasteiger partial charge is 0.272 e. The zero-order valence-corrected chi connectivity index (χ0v) is 20.2. The summed E-state index contributed by atoms with van der Waals surface area (Å²) in [5.41, 5.74) is 6.44. The van der Waals surface area contributed by atoms with Crippen LogP contribution in [-0.2, 0) is 0 Å². The van der Waals surface area contributed by atoms with Crippen molar-refractivity contribution in [2.24, 2.45) is 5.41 Å². The van der Waals surface area contributed by atoms with E-state index in [1.54, 1.807) is 12.1 Å². The first-order chi connectivity index (χ1) is 15.0. The first-order valence-electron chi connectivity index (χ1n) is 11.1. The first-order valence-corrected chi connectivity index (χ1v) is 11.1. The van der Waals surface area contributed by atoms with Gasteiger partial charge in [-0.25, -0.2) is 5.01 Å². The van der Waals surface area contributed by atoms with Crippen LogP contribution in [0.25, 0.3) is 0 Å². The maximum atomic E-state index is 13.7. The maximum Gasteiger partial charge on any atom is 0.272 e. The van der Waals surface area contributed by atoms with Gasteiger partial charge < -0.3 is 9.47 Å². The number of benzene rings is 2. The zero-order chi connectivity index (χ0) is 23.6. The highest BCUT2D eigenvalue weighted by Crippen LogP contribution is 2.37. The number of carbonyl (C=O) groups excluding carboxylic acids is 2. The van der Waals surface area contributed by atoms with Crippen molar-refractivity contribution in [3.05, 3.63) is 58.1 Å². The van der Waals surface area contributed by atoms with Crippen LogP contribution in [0.1, 0.15) is 77.9 Å². The number of hydrogen-bond acceptors (Lipinski definition) is 4. The summed E-state index contributed by atoms with van der Waals surface area (Å²) in [6.45, 7) is 14.3. The van der Waals surface area contributed by atoms with Crippen LogP contribution in [0.4, 0.5) is 0 Å². The number of ether oxygens (including phenoxy) is 2. The maximum absolute atomic E-state index is 13.7. The molecule has 0 fully saturated rings. The molecule has 6 heteroatoms. The monoisotopic (exact) mass is 438 g/mol. The molecule has 6 nitrogen and oxygen atoms in total. The van der Waals surface area contributed by atoms with E-state index in [0.717, 1.165) is 24.0 Å². The predicted molar refractivity (Wildman–Crippen MR) is 125 cm³/mol. The molecule has 0 aromatic heterocycles. The second-order valence-corrected chi connectivity index (χ2v) is 9.63. The van der Waals surface area contributed by atoms with E-state index in [0.29, 0.717) is 28.2 Å². The van der Waals surface area contributed by atoms with Crippen molar-refractivity contribution >= 4 is 11.8 Å². The van der Waals surface area contributed by atoms with Crippen LogP contribution in [0.15, 0.2) is 30.3 Å².